The zero-order valence-electron chi connectivity index (χ0n) is 23.7. The molecule has 1 aliphatic heterocycles. The Morgan fingerprint density at radius 3 is 1.95 bits per heavy atom. The summed E-state index contributed by atoms with van der Waals surface area (Å²) in [6.45, 7) is 13.4. The number of nitrogen functional groups attached to an aromatic ring is 1. The summed E-state index contributed by atoms with van der Waals surface area (Å²) in [7, 11) is 1.48. The van der Waals surface area contributed by atoms with Crippen LogP contribution in [0.2, 0.25) is 0 Å². The molecule has 43 heavy (non-hydrogen) atoms. The fourth-order valence-electron chi connectivity index (χ4n) is 3.66. The van der Waals surface area contributed by atoms with E-state index in [2.05, 4.69) is 30.5 Å². The third-order valence-electron chi connectivity index (χ3n) is 5.67. The van der Waals surface area contributed by atoms with Gasteiger partial charge in [0.05, 0.1) is 24.4 Å². The van der Waals surface area contributed by atoms with Crippen LogP contribution in [0.3, 0.4) is 0 Å². The van der Waals surface area contributed by atoms with Gasteiger partial charge in [0.15, 0.2) is 11.5 Å². The van der Waals surface area contributed by atoms with E-state index in [1.165, 1.54) is 19.3 Å². The van der Waals surface area contributed by atoms with Crippen molar-refractivity contribution in [1.82, 2.24) is 10.4 Å². The number of halogens is 3. The van der Waals surface area contributed by atoms with Crippen molar-refractivity contribution < 1.29 is 37.0 Å². The van der Waals surface area contributed by atoms with Gasteiger partial charge in [0.2, 0.25) is 0 Å². The first-order valence-electron chi connectivity index (χ1n) is 12.6. The molecular formula is C30H32F3N5O5. The molecule has 0 radical (unpaired) electrons. The molecule has 0 aromatic heterocycles. The molecule has 1 atom stereocenters. The normalized spacial score (nSPS) is 13.5. The summed E-state index contributed by atoms with van der Waals surface area (Å²) in [5.74, 6) is -1.33. The van der Waals surface area contributed by atoms with Crippen LogP contribution in [0.15, 0.2) is 91.6 Å². The molecule has 0 saturated heterocycles. The number of imide groups is 1. The van der Waals surface area contributed by atoms with Gasteiger partial charge >= 0.3 is 6.18 Å². The molecule has 2 aromatic rings. The third-order valence-corrected chi connectivity index (χ3v) is 5.67. The van der Waals surface area contributed by atoms with Crippen molar-refractivity contribution >= 4 is 29.2 Å². The maximum atomic E-state index is 13.5. The number of nitrogens with zero attached hydrogens (tertiary/aromatic N) is 1. The predicted octanol–water partition coefficient (Wildman–Crippen LogP) is 4.72. The second kappa shape index (κ2) is 14.5. The molecule has 0 saturated carbocycles. The largest absolute Gasteiger partial charge is 0.493 e. The number of methoxy groups -OCH3 is 1. The summed E-state index contributed by atoms with van der Waals surface area (Å²) in [5.41, 5.74) is 9.54. The molecule has 0 fully saturated rings. The van der Waals surface area contributed by atoms with Crippen molar-refractivity contribution in [3.05, 3.63) is 103 Å². The van der Waals surface area contributed by atoms with E-state index in [-0.39, 0.29) is 29.2 Å². The number of nitrogens with one attached hydrogen (secondary N) is 3. The second-order valence-corrected chi connectivity index (χ2v) is 9.05. The number of carbonyl (C=O) groups excluding carboxylic acids is 3. The highest BCUT2D eigenvalue weighted by Crippen LogP contribution is 2.33. The van der Waals surface area contributed by atoms with Gasteiger partial charge in [-0.15, -0.1) is 0 Å². The SMILES string of the molecule is C=CC(F)(F)F.C=CC1=C(C=C)C(=O)N(NC(=O)C(Nc2ccc(C(=N)N)cc2)c2ccc(OC(C)C)c(OC)c2)C1=O. The number of amides is 3. The summed E-state index contributed by atoms with van der Waals surface area (Å²) >= 11 is 0. The van der Waals surface area contributed by atoms with Gasteiger partial charge in [0.25, 0.3) is 17.7 Å². The molecule has 1 unspecified atom stereocenters. The summed E-state index contributed by atoms with van der Waals surface area (Å²) in [5, 5.41) is 11.3. The summed E-state index contributed by atoms with van der Waals surface area (Å²) in [6.07, 6.45) is -1.87. The smallest absolute Gasteiger partial charge is 0.409 e. The third kappa shape index (κ3) is 8.83. The lowest BCUT2D eigenvalue weighted by atomic mass is 10.0. The van der Waals surface area contributed by atoms with Crippen molar-refractivity contribution in [2.24, 2.45) is 5.73 Å². The molecule has 5 N–H and O–H groups in total. The monoisotopic (exact) mass is 599 g/mol. The Balaban J connectivity index is 0.000000973. The van der Waals surface area contributed by atoms with Gasteiger partial charge in [-0.05, 0) is 55.8 Å². The Morgan fingerprint density at radius 1 is 1.00 bits per heavy atom. The average Bonchev–Trinajstić information content (AvgIpc) is 3.19. The first-order valence-corrected chi connectivity index (χ1v) is 12.6. The minimum absolute atomic E-state index is 0.0430. The average molecular weight is 600 g/mol. The molecule has 3 amide bonds. The van der Waals surface area contributed by atoms with Crippen LogP contribution in [0.1, 0.15) is 31.0 Å². The van der Waals surface area contributed by atoms with Gasteiger partial charge in [-0.25, -0.2) is 0 Å². The number of rotatable bonds is 11. The van der Waals surface area contributed by atoms with Gasteiger partial charge in [-0.1, -0.05) is 38.0 Å². The van der Waals surface area contributed by atoms with Gasteiger partial charge in [-0.3, -0.25) is 25.2 Å². The van der Waals surface area contributed by atoms with Crippen LogP contribution in [0.5, 0.6) is 11.5 Å². The Hall–Kier alpha value is -5.33. The molecule has 1 heterocycles. The highest BCUT2D eigenvalue weighted by Gasteiger charge is 2.38. The van der Waals surface area contributed by atoms with Gasteiger partial charge in [-0.2, -0.15) is 18.2 Å². The first kappa shape index (κ1) is 33.9. The van der Waals surface area contributed by atoms with Gasteiger partial charge in [0.1, 0.15) is 11.9 Å². The summed E-state index contributed by atoms with van der Waals surface area (Å²) in [4.78, 5) is 39.0. The van der Waals surface area contributed by atoms with Gasteiger partial charge < -0.3 is 20.5 Å². The van der Waals surface area contributed by atoms with Crippen LogP contribution < -0.4 is 25.9 Å². The Labute approximate surface area is 246 Å². The van der Waals surface area contributed by atoms with Crippen LogP contribution >= 0.6 is 0 Å². The number of benzene rings is 2. The van der Waals surface area contributed by atoms with E-state index >= 15 is 0 Å². The van der Waals surface area contributed by atoms with Crippen LogP contribution in [0.4, 0.5) is 18.9 Å². The van der Waals surface area contributed by atoms with E-state index in [1.807, 2.05) is 13.8 Å². The number of amidine groups is 1. The zero-order chi connectivity index (χ0) is 32.5. The minimum atomic E-state index is -4.19. The molecular weight excluding hydrogens is 567 g/mol. The van der Waals surface area contributed by atoms with Crippen molar-refractivity contribution in [3.63, 3.8) is 0 Å². The Bertz CT molecular complexity index is 1420. The van der Waals surface area contributed by atoms with Crippen LogP contribution in [0.25, 0.3) is 0 Å². The number of anilines is 1. The number of alkyl halides is 3. The van der Waals surface area contributed by atoms with Crippen molar-refractivity contribution in [2.45, 2.75) is 32.2 Å². The van der Waals surface area contributed by atoms with E-state index < -0.39 is 29.9 Å². The molecule has 1 aliphatic rings. The Kier molecular flexibility index (Phi) is 11.4. The zero-order valence-corrected chi connectivity index (χ0v) is 23.7. The van der Waals surface area contributed by atoms with Crippen molar-refractivity contribution in [2.75, 3.05) is 12.4 Å². The number of nitrogens with two attached hydrogens (primary N) is 1. The molecule has 10 nitrogen and oxygen atoms in total. The maximum Gasteiger partial charge on any atom is 0.409 e. The van der Waals surface area contributed by atoms with Crippen LogP contribution in [-0.2, 0) is 14.4 Å². The van der Waals surface area contributed by atoms with Crippen molar-refractivity contribution in [1.29, 1.82) is 5.41 Å². The molecule has 0 aliphatic carbocycles. The highest BCUT2D eigenvalue weighted by atomic mass is 19.4. The van der Waals surface area contributed by atoms with Crippen LogP contribution in [-0.4, -0.2) is 48.0 Å². The van der Waals surface area contributed by atoms with Gasteiger partial charge in [0, 0.05) is 17.3 Å². The lowest BCUT2D eigenvalue weighted by Crippen LogP contribution is -2.49. The number of carbonyl (C=O) groups is 3. The highest BCUT2D eigenvalue weighted by molar-refractivity contribution is 6.22. The summed E-state index contributed by atoms with van der Waals surface area (Å²) in [6, 6.07) is 10.5. The van der Waals surface area contributed by atoms with Crippen molar-refractivity contribution in [3.8, 4) is 11.5 Å². The number of allylic oxidation sites excluding steroid dienone is 1. The minimum Gasteiger partial charge on any atom is -0.493 e. The maximum absolute atomic E-state index is 13.5. The van der Waals surface area contributed by atoms with E-state index in [4.69, 9.17) is 20.6 Å². The standard InChI is InChI=1S/C27H29N5O5.C3H3F3/c1-6-19-20(7-2)27(35)32(26(19)34)31-25(33)23(30-18-11-8-16(9-12-18)24(28)29)17-10-13-21(37-15(3)4)22(14-17)36-5;1-2-3(4,5)6/h6-15,23,30H,1-2H2,3-5H3,(H3,28,29)(H,31,33);2H,1H2. The van der Waals surface area contributed by atoms with Crippen LogP contribution in [0, 0.1) is 5.41 Å². The number of ether oxygens (including phenoxy) is 2. The second-order valence-electron chi connectivity index (χ2n) is 9.05. The molecule has 0 bridgehead atoms. The van der Waals surface area contributed by atoms with E-state index in [0.717, 1.165) is 0 Å². The predicted molar refractivity (Wildman–Crippen MR) is 156 cm³/mol. The number of hydrazine groups is 1. The lowest BCUT2D eigenvalue weighted by molar-refractivity contribution is -0.147. The lowest BCUT2D eigenvalue weighted by Gasteiger charge is -2.24. The molecule has 3 rings (SSSR count). The molecule has 228 valence electrons. The first-order chi connectivity index (χ1) is 20.2. The van der Waals surface area contributed by atoms with E-state index in [0.29, 0.717) is 33.3 Å². The van der Waals surface area contributed by atoms with E-state index in [1.54, 1.807) is 42.5 Å². The fraction of sp³-hybridized carbons (Fsp3) is 0.200. The Morgan fingerprint density at radius 2 is 1.53 bits per heavy atom. The quantitative estimate of drug-likeness (QED) is 0.126. The number of hydrogen-bond acceptors (Lipinski definition) is 7. The molecule has 13 heteroatoms. The molecule has 0 spiro atoms. The fourth-order valence-corrected chi connectivity index (χ4v) is 3.66. The van der Waals surface area contributed by atoms with E-state index in [9.17, 15) is 27.6 Å². The topological polar surface area (TPSA) is 147 Å². The number of hydrogen-bond donors (Lipinski definition) is 4. The molecule has 2 aromatic carbocycles. The summed E-state index contributed by atoms with van der Waals surface area (Å²) < 4.78 is 43.2.